The first-order valence-electron chi connectivity index (χ1n) is 7.34. The van der Waals surface area contributed by atoms with Gasteiger partial charge >= 0.3 is 6.03 Å². The van der Waals surface area contributed by atoms with Crippen molar-refractivity contribution < 1.29 is 9.90 Å². The molecule has 7 heteroatoms. The number of carbonyl (C=O) groups excluding carboxylic acids is 1. The standard InChI is InChI=1S/C14H27N5O2/c1-5-19(6-2)8-7-15-13(20)16-11-14(3,21)12-9-17-18(4)10-12/h9-10,21H,5-8,11H2,1-4H3,(H2,15,16,20). The number of hydrogen-bond donors (Lipinski definition) is 3. The molecule has 0 aliphatic carbocycles. The molecule has 0 aromatic carbocycles. The Morgan fingerprint density at radius 1 is 1.43 bits per heavy atom. The normalized spacial score (nSPS) is 14.0. The lowest BCUT2D eigenvalue weighted by molar-refractivity contribution is 0.0593. The molecule has 1 atom stereocenters. The first-order chi connectivity index (χ1) is 9.89. The highest BCUT2D eigenvalue weighted by molar-refractivity contribution is 5.73. The van der Waals surface area contributed by atoms with Gasteiger partial charge in [0.15, 0.2) is 0 Å². The summed E-state index contributed by atoms with van der Waals surface area (Å²) in [6, 6.07) is -0.272. The Kier molecular flexibility index (Phi) is 6.64. The second kappa shape index (κ2) is 7.99. The van der Waals surface area contributed by atoms with Crippen molar-refractivity contribution >= 4 is 6.03 Å². The Labute approximate surface area is 126 Å². The third-order valence-electron chi connectivity index (χ3n) is 3.53. The Morgan fingerprint density at radius 3 is 2.62 bits per heavy atom. The topological polar surface area (TPSA) is 82.4 Å². The Morgan fingerprint density at radius 2 is 2.10 bits per heavy atom. The summed E-state index contributed by atoms with van der Waals surface area (Å²) in [5.41, 5.74) is -0.460. The van der Waals surface area contributed by atoms with E-state index in [1.807, 2.05) is 0 Å². The molecule has 120 valence electrons. The van der Waals surface area contributed by atoms with Crippen LogP contribution in [0.4, 0.5) is 4.79 Å². The van der Waals surface area contributed by atoms with E-state index in [0.29, 0.717) is 12.1 Å². The van der Waals surface area contributed by atoms with Gasteiger partial charge in [-0.15, -0.1) is 0 Å². The zero-order valence-corrected chi connectivity index (χ0v) is 13.4. The molecule has 0 saturated carbocycles. The molecule has 1 aromatic rings. The number of nitrogens with zero attached hydrogens (tertiary/aromatic N) is 3. The molecule has 1 unspecified atom stereocenters. The van der Waals surface area contributed by atoms with Crippen LogP contribution in [-0.2, 0) is 12.6 Å². The molecule has 2 amide bonds. The molecular weight excluding hydrogens is 270 g/mol. The van der Waals surface area contributed by atoms with Crippen molar-refractivity contribution in [1.29, 1.82) is 0 Å². The quantitative estimate of drug-likeness (QED) is 0.643. The summed E-state index contributed by atoms with van der Waals surface area (Å²) in [6.07, 6.45) is 3.33. The number of likely N-dealkylation sites (N-methyl/N-ethyl adjacent to an activating group) is 1. The summed E-state index contributed by atoms with van der Waals surface area (Å²) in [5, 5.41) is 19.8. The zero-order chi connectivity index (χ0) is 15.9. The van der Waals surface area contributed by atoms with Gasteiger partial charge < -0.3 is 20.6 Å². The van der Waals surface area contributed by atoms with Crippen molar-refractivity contribution in [1.82, 2.24) is 25.3 Å². The summed E-state index contributed by atoms with van der Waals surface area (Å²) in [7, 11) is 1.78. The van der Waals surface area contributed by atoms with Crippen LogP contribution in [0.1, 0.15) is 26.3 Å². The number of aromatic nitrogens is 2. The summed E-state index contributed by atoms with van der Waals surface area (Å²) < 4.78 is 1.62. The Hall–Kier alpha value is -1.60. The fraction of sp³-hybridized carbons (Fsp3) is 0.714. The van der Waals surface area contributed by atoms with Gasteiger partial charge in [-0.3, -0.25) is 4.68 Å². The summed E-state index contributed by atoms with van der Waals surface area (Å²) >= 11 is 0. The maximum Gasteiger partial charge on any atom is 0.314 e. The Bertz CT molecular complexity index is 440. The van der Waals surface area contributed by atoms with Crippen LogP contribution in [0.3, 0.4) is 0 Å². The van der Waals surface area contributed by atoms with E-state index in [0.717, 1.165) is 19.6 Å². The van der Waals surface area contributed by atoms with E-state index in [9.17, 15) is 9.90 Å². The maximum atomic E-state index is 11.7. The number of carbonyl (C=O) groups is 1. The molecule has 0 aliphatic heterocycles. The minimum Gasteiger partial charge on any atom is -0.383 e. The monoisotopic (exact) mass is 297 g/mol. The van der Waals surface area contributed by atoms with E-state index in [2.05, 4.69) is 34.5 Å². The molecule has 3 N–H and O–H groups in total. The van der Waals surface area contributed by atoms with Crippen LogP contribution in [0.25, 0.3) is 0 Å². The number of hydrogen-bond acceptors (Lipinski definition) is 4. The third-order valence-corrected chi connectivity index (χ3v) is 3.53. The van der Waals surface area contributed by atoms with E-state index in [4.69, 9.17) is 0 Å². The van der Waals surface area contributed by atoms with E-state index in [1.165, 1.54) is 0 Å². The van der Waals surface area contributed by atoms with Crippen molar-refractivity contribution in [2.45, 2.75) is 26.4 Å². The fourth-order valence-corrected chi connectivity index (χ4v) is 1.98. The molecule has 0 saturated heterocycles. The molecule has 0 aliphatic rings. The minimum atomic E-state index is -1.13. The molecule has 0 spiro atoms. The predicted octanol–water partition coefficient (Wildman–Crippen LogP) is 0.269. The Balaban J connectivity index is 2.32. The van der Waals surface area contributed by atoms with Gasteiger partial charge in [-0.05, 0) is 20.0 Å². The molecule has 1 aromatic heterocycles. The lowest BCUT2D eigenvalue weighted by atomic mass is 10.00. The molecule has 0 radical (unpaired) electrons. The highest BCUT2D eigenvalue weighted by Crippen LogP contribution is 2.18. The third kappa shape index (κ3) is 5.73. The first kappa shape index (κ1) is 17.5. The van der Waals surface area contributed by atoms with E-state index in [-0.39, 0.29) is 12.6 Å². The maximum absolute atomic E-state index is 11.7. The van der Waals surface area contributed by atoms with E-state index in [1.54, 1.807) is 31.0 Å². The number of aliphatic hydroxyl groups is 1. The molecule has 1 heterocycles. The van der Waals surface area contributed by atoms with Crippen LogP contribution in [0.5, 0.6) is 0 Å². The van der Waals surface area contributed by atoms with E-state index >= 15 is 0 Å². The summed E-state index contributed by atoms with van der Waals surface area (Å²) in [4.78, 5) is 13.9. The van der Waals surface area contributed by atoms with Gasteiger partial charge in [0.05, 0.1) is 12.7 Å². The minimum absolute atomic E-state index is 0.135. The van der Waals surface area contributed by atoms with Crippen LogP contribution in [0, 0.1) is 0 Å². The predicted molar refractivity (Wildman–Crippen MR) is 82.0 cm³/mol. The van der Waals surface area contributed by atoms with E-state index < -0.39 is 5.60 Å². The van der Waals surface area contributed by atoms with Gasteiger partial charge in [-0.2, -0.15) is 5.10 Å². The SMILES string of the molecule is CCN(CC)CCNC(=O)NCC(C)(O)c1cnn(C)c1. The second-order valence-corrected chi connectivity index (χ2v) is 5.31. The number of nitrogens with one attached hydrogen (secondary N) is 2. The van der Waals surface area contributed by atoms with Crippen molar-refractivity contribution in [3.63, 3.8) is 0 Å². The van der Waals surface area contributed by atoms with Crippen LogP contribution < -0.4 is 10.6 Å². The second-order valence-electron chi connectivity index (χ2n) is 5.31. The highest BCUT2D eigenvalue weighted by Gasteiger charge is 2.25. The van der Waals surface area contributed by atoms with Crippen molar-refractivity contribution in [3.05, 3.63) is 18.0 Å². The molecule has 1 rings (SSSR count). The number of rotatable bonds is 8. The smallest absolute Gasteiger partial charge is 0.314 e. The van der Waals surface area contributed by atoms with Crippen LogP contribution in [0.15, 0.2) is 12.4 Å². The number of urea groups is 1. The van der Waals surface area contributed by atoms with Crippen LogP contribution in [0.2, 0.25) is 0 Å². The lowest BCUT2D eigenvalue weighted by Crippen LogP contribution is -2.45. The highest BCUT2D eigenvalue weighted by atomic mass is 16.3. The van der Waals surface area contributed by atoms with Crippen molar-refractivity contribution in [2.24, 2.45) is 7.05 Å². The average molecular weight is 297 g/mol. The number of aryl methyl sites for hydroxylation is 1. The van der Waals surface area contributed by atoms with Gasteiger partial charge in [0.2, 0.25) is 0 Å². The summed E-state index contributed by atoms with van der Waals surface area (Å²) in [5.74, 6) is 0. The lowest BCUT2D eigenvalue weighted by Gasteiger charge is -2.23. The van der Waals surface area contributed by atoms with Crippen molar-refractivity contribution in [2.75, 3.05) is 32.7 Å². The van der Waals surface area contributed by atoms with Gasteiger partial charge in [-0.1, -0.05) is 13.8 Å². The molecule has 21 heavy (non-hydrogen) atoms. The van der Waals surface area contributed by atoms with Gasteiger partial charge in [0.25, 0.3) is 0 Å². The van der Waals surface area contributed by atoms with Gasteiger partial charge in [-0.25, -0.2) is 4.79 Å². The zero-order valence-electron chi connectivity index (χ0n) is 13.4. The first-order valence-corrected chi connectivity index (χ1v) is 7.34. The van der Waals surface area contributed by atoms with Crippen LogP contribution >= 0.6 is 0 Å². The van der Waals surface area contributed by atoms with Crippen molar-refractivity contribution in [3.8, 4) is 0 Å². The fourth-order valence-electron chi connectivity index (χ4n) is 1.98. The van der Waals surface area contributed by atoms with Gasteiger partial charge in [0.1, 0.15) is 5.60 Å². The number of amides is 2. The summed E-state index contributed by atoms with van der Waals surface area (Å²) in [6.45, 7) is 9.31. The molecular formula is C14H27N5O2. The average Bonchev–Trinajstić information content (AvgIpc) is 2.89. The van der Waals surface area contributed by atoms with Crippen LogP contribution in [-0.4, -0.2) is 58.5 Å². The largest absolute Gasteiger partial charge is 0.383 e. The molecule has 0 fully saturated rings. The molecule has 0 bridgehead atoms. The molecule has 7 nitrogen and oxygen atoms in total. The van der Waals surface area contributed by atoms with Gasteiger partial charge in [0, 0.05) is 31.9 Å².